The summed E-state index contributed by atoms with van der Waals surface area (Å²) in [4.78, 5) is 0. The molecule has 5 atom stereocenters. The molecule has 0 spiro atoms. The Morgan fingerprint density at radius 1 is 1.31 bits per heavy atom. The Balaban J connectivity index is 2.01. The van der Waals surface area contributed by atoms with E-state index in [0.29, 0.717) is 5.41 Å². The molecule has 94 valence electrons. The van der Waals surface area contributed by atoms with Gasteiger partial charge in [0.15, 0.2) is 0 Å². The number of aliphatic hydroxyl groups is 1. The van der Waals surface area contributed by atoms with E-state index in [1.165, 1.54) is 32.1 Å². The summed E-state index contributed by atoms with van der Waals surface area (Å²) >= 11 is 0. The predicted molar refractivity (Wildman–Crippen MR) is 68.3 cm³/mol. The Morgan fingerprint density at radius 2 is 2.06 bits per heavy atom. The minimum Gasteiger partial charge on any atom is -0.393 e. The van der Waals surface area contributed by atoms with Crippen LogP contribution in [0.2, 0.25) is 0 Å². The highest BCUT2D eigenvalue weighted by Crippen LogP contribution is 2.53. The van der Waals surface area contributed by atoms with Gasteiger partial charge in [-0.15, -0.1) is 0 Å². The smallest absolute Gasteiger partial charge is 0.0543 e. The Morgan fingerprint density at radius 3 is 2.75 bits per heavy atom. The van der Waals surface area contributed by atoms with Crippen molar-refractivity contribution in [3.63, 3.8) is 0 Å². The molecule has 2 aliphatic carbocycles. The van der Waals surface area contributed by atoms with E-state index < -0.39 is 0 Å². The third-order valence-electron chi connectivity index (χ3n) is 5.65. The zero-order valence-electron chi connectivity index (χ0n) is 11.2. The highest BCUT2D eigenvalue weighted by atomic mass is 16.3. The number of hydrogen-bond acceptors (Lipinski definition) is 1. The maximum Gasteiger partial charge on any atom is 0.0543 e. The van der Waals surface area contributed by atoms with Crippen LogP contribution in [0.25, 0.3) is 0 Å². The molecule has 2 rings (SSSR count). The first-order valence-corrected chi connectivity index (χ1v) is 7.23. The van der Waals surface area contributed by atoms with E-state index in [2.05, 4.69) is 20.8 Å². The van der Waals surface area contributed by atoms with Crippen molar-refractivity contribution in [3.8, 4) is 0 Å². The van der Waals surface area contributed by atoms with E-state index in [0.717, 1.165) is 30.6 Å². The summed E-state index contributed by atoms with van der Waals surface area (Å²) in [5.41, 5.74) is 0.547. The molecule has 0 radical (unpaired) electrons. The van der Waals surface area contributed by atoms with Gasteiger partial charge in [-0.2, -0.15) is 0 Å². The highest BCUT2D eigenvalue weighted by Gasteiger charge is 2.44. The van der Waals surface area contributed by atoms with E-state index in [1.807, 2.05) is 0 Å². The summed E-state index contributed by atoms with van der Waals surface area (Å²) in [7, 11) is 0. The zero-order valence-corrected chi connectivity index (χ0v) is 11.2. The quantitative estimate of drug-likeness (QED) is 0.751. The van der Waals surface area contributed by atoms with E-state index in [1.54, 1.807) is 0 Å². The number of hydrogen-bond donors (Lipinski definition) is 1. The van der Waals surface area contributed by atoms with Gasteiger partial charge in [0.05, 0.1) is 6.10 Å². The fourth-order valence-corrected chi connectivity index (χ4v) is 4.10. The lowest BCUT2D eigenvalue weighted by Gasteiger charge is -2.50. The third-order valence-corrected chi connectivity index (χ3v) is 5.65. The Hall–Kier alpha value is -0.0400. The van der Waals surface area contributed by atoms with Crippen LogP contribution in [0.4, 0.5) is 0 Å². The first-order chi connectivity index (χ1) is 7.55. The van der Waals surface area contributed by atoms with Crippen LogP contribution in [0.3, 0.4) is 0 Å². The van der Waals surface area contributed by atoms with Gasteiger partial charge < -0.3 is 5.11 Å². The van der Waals surface area contributed by atoms with Gasteiger partial charge in [0, 0.05) is 0 Å². The molecule has 0 saturated heterocycles. The molecular weight excluding hydrogens is 196 g/mol. The lowest BCUT2D eigenvalue weighted by atomic mass is 9.56. The van der Waals surface area contributed by atoms with Crippen molar-refractivity contribution in [1.82, 2.24) is 0 Å². The molecule has 0 heterocycles. The maximum absolute atomic E-state index is 9.78. The fraction of sp³-hybridized carbons (Fsp3) is 1.00. The van der Waals surface area contributed by atoms with Gasteiger partial charge in [-0.05, 0) is 61.7 Å². The summed E-state index contributed by atoms with van der Waals surface area (Å²) in [5, 5.41) is 9.78. The first kappa shape index (κ1) is 12.4. The second-order valence-corrected chi connectivity index (χ2v) is 6.71. The van der Waals surface area contributed by atoms with Crippen LogP contribution in [0.15, 0.2) is 0 Å². The zero-order chi connectivity index (χ0) is 11.8. The third kappa shape index (κ3) is 2.30. The molecule has 0 aliphatic heterocycles. The molecule has 16 heavy (non-hydrogen) atoms. The number of rotatable bonds is 2. The summed E-state index contributed by atoms with van der Waals surface area (Å²) in [6.45, 7) is 7.23. The summed E-state index contributed by atoms with van der Waals surface area (Å²) in [6, 6.07) is 0. The second kappa shape index (κ2) is 4.68. The summed E-state index contributed by atoms with van der Waals surface area (Å²) in [5.74, 6) is 2.64. The van der Waals surface area contributed by atoms with Crippen LogP contribution in [0, 0.1) is 23.2 Å². The van der Waals surface area contributed by atoms with Crippen molar-refractivity contribution < 1.29 is 5.11 Å². The number of fused-ring (bicyclic) bond motifs is 1. The van der Waals surface area contributed by atoms with E-state index >= 15 is 0 Å². The van der Waals surface area contributed by atoms with Crippen molar-refractivity contribution >= 4 is 0 Å². The van der Waals surface area contributed by atoms with Gasteiger partial charge in [-0.25, -0.2) is 0 Å². The largest absolute Gasteiger partial charge is 0.393 e. The normalized spacial score (nSPS) is 46.1. The highest BCUT2D eigenvalue weighted by molar-refractivity contribution is 4.95. The Labute approximate surface area is 101 Å². The predicted octanol–water partition coefficient (Wildman–Crippen LogP) is 4.00. The molecule has 1 heteroatoms. The molecular formula is C15H28O. The van der Waals surface area contributed by atoms with Crippen molar-refractivity contribution in [1.29, 1.82) is 0 Å². The lowest BCUT2D eigenvalue weighted by molar-refractivity contribution is -0.0328. The topological polar surface area (TPSA) is 20.2 Å². The van der Waals surface area contributed by atoms with Gasteiger partial charge in [0.1, 0.15) is 0 Å². The van der Waals surface area contributed by atoms with Gasteiger partial charge in [-0.3, -0.25) is 0 Å². The van der Waals surface area contributed by atoms with Gasteiger partial charge in [-0.1, -0.05) is 27.2 Å². The molecule has 2 fully saturated rings. The van der Waals surface area contributed by atoms with Crippen molar-refractivity contribution in [3.05, 3.63) is 0 Å². The minimum absolute atomic E-state index is 0.00164. The fourth-order valence-electron chi connectivity index (χ4n) is 4.10. The molecule has 0 aromatic rings. The Bertz CT molecular complexity index is 238. The molecule has 5 unspecified atom stereocenters. The average molecular weight is 224 g/mol. The first-order valence-electron chi connectivity index (χ1n) is 7.23. The van der Waals surface area contributed by atoms with E-state index in [4.69, 9.17) is 0 Å². The molecule has 0 aromatic heterocycles. The molecule has 1 N–H and O–H groups in total. The number of aliphatic hydroxyl groups excluding tert-OH is 1. The van der Waals surface area contributed by atoms with Crippen LogP contribution >= 0.6 is 0 Å². The molecule has 2 aliphatic rings. The lowest BCUT2D eigenvalue weighted by Crippen LogP contribution is -2.42. The summed E-state index contributed by atoms with van der Waals surface area (Å²) in [6.07, 6.45) is 8.88. The average Bonchev–Trinajstić information content (AvgIpc) is 2.28. The minimum atomic E-state index is -0.00164. The van der Waals surface area contributed by atoms with Gasteiger partial charge in [0.2, 0.25) is 0 Å². The summed E-state index contributed by atoms with van der Waals surface area (Å²) < 4.78 is 0. The van der Waals surface area contributed by atoms with Gasteiger partial charge in [0.25, 0.3) is 0 Å². The van der Waals surface area contributed by atoms with Crippen LogP contribution in [0.5, 0.6) is 0 Å². The molecule has 0 amide bonds. The maximum atomic E-state index is 9.78. The molecule has 0 aromatic carbocycles. The second-order valence-electron chi connectivity index (χ2n) is 6.71. The van der Waals surface area contributed by atoms with E-state index in [9.17, 15) is 5.11 Å². The van der Waals surface area contributed by atoms with Crippen LogP contribution in [0.1, 0.15) is 65.7 Å². The van der Waals surface area contributed by atoms with Crippen LogP contribution in [-0.2, 0) is 0 Å². The van der Waals surface area contributed by atoms with Crippen molar-refractivity contribution in [2.45, 2.75) is 71.8 Å². The van der Waals surface area contributed by atoms with Crippen LogP contribution in [-0.4, -0.2) is 11.2 Å². The standard InChI is InChI=1S/C15H28O/c1-4-11(2)12-5-6-13-9-14(16)7-8-15(13,3)10-12/h11-14,16H,4-10H2,1-3H3. The van der Waals surface area contributed by atoms with E-state index in [-0.39, 0.29) is 6.10 Å². The molecule has 0 bridgehead atoms. The Kier molecular flexibility index (Phi) is 3.63. The van der Waals surface area contributed by atoms with Crippen molar-refractivity contribution in [2.24, 2.45) is 23.2 Å². The molecule has 1 nitrogen and oxygen atoms in total. The molecule has 2 saturated carbocycles. The SMILES string of the molecule is CCC(C)C1CCC2CC(O)CCC2(C)C1. The monoisotopic (exact) mass is 224 g/mol. The van der Waals surface area contributed by atoms with Gasteiger partial charge >= 0.3 is 0 Å². The van der Waals surface area contributed by atoms with Crippen LogP contribution < -0.4 is 0 Å². The van der Waals surface area contributed by atoms with Crippen molar-refractivity contribution in [2.75, 3.05) is 0 Å².